The maximum Gasteiger partial charge on any atom is 0.317 e. The molecule has 0 aliphatic carbocycles. The van der Waals surface area contributed by atoms with E-state index in [1.165, 1.54) is 0 Å². The molecular formula is C21H30N4O3. The van der Waals surface area contributed by atoms with Gasteiger partial charge in [0.15, 0.2) is 0 Å². The summed E-state index contributed by atoms with van der Waals surface area (Å²) in [7, 11) is 0. The zero-order valence-corrected chi connectivity index (χ0v) is 16.7. The molecule has 1 aliphatic rings. The van der Waals surface area contributed by atoms with Gasteiger partial charge in [0.2, 0.25) is 0 Å². The quantitative estimate of drug-likeness (QED) is 0.765. The molecule has 0 radical (unpaired) electrons. The van der Waals surface area contributed by atoms with Crippen molar-refractivity contribution in [3.8, 4) is 0 Å². The molecule has 28 heavy (non-hydrogen) atoms. The van der Waals surface area contributed by atoms with E-state index in [2.05, 4.69) is 29.0 Å². The molecule has 0 aromatic carbocycles. The molecular weight excluding hydrogens is 356 g/mol. The van der Waals surface area contributed by atoms with Crippen molar-refractivity contribution >= 4 is 6.03 Å². The van der Waals surface area contributed by atoms with E-state index in [1.54, 1.807) is 23.6 Å². The molecule has 0 saturated carbocycles. The minimum Gasteiger partial charge on any atom is -0.468 e. The Balaban J connectivity index is 1.56. The van der Waals surface area contributed by atoms with Gasteiger partial charge in [-0.2, -0.15) is 0 Å². The molecule has 2 aromatic heterocycles. The molecule has 1 atom stereocenters. The number of hydrogen-bond donors (Lipinski definition) is 2. The first kappa shape index (κ1) is 20.4. The maximum atomic E-state index is 12.7. The van der Waals surface area contributed by atoms with Gasteiger partial charge in [-0.25, -0.2) is 4.79 Å². The Bertz CT molecular complexity index is 723. The van der Waals surface area contributed by atoms with Crippen LogP contribution in [-0.2, 0) is 5.60 Å². The van der Waals surface area contributed by atoms with E-state index in [1.807, 2.05) is 24.3 Å². The van der Waals surface area contributed by atoms with Crippen LogP contribution in [0.4, 0.5) is 4.79 Å². The molecule has 7 heteroatoms. The summed E-state index contributed by atoms with van der Waals surface area (Å²) in [4.78, 5) is 20.8. The molecule has 1 aliphatic heterocycles. The number of likely N-dealkylation sites (N-methyl/N-ethyl adjacent to an activating group) is 1. The van der Waals surface area contributed by atoms with Crippen molar-refractivity contribution in [1.82, 2.24) is 20.1 Å². The van der Waals surface area contributed by atoms with Gasteiger partial charge in [-0.1, -0.05) is 19.9 Å². The minimum absolute atomic E-state index is 0.00562. The summed E-state index contributed by atoms with van der Waals surface area (Å²) in [6.07, 6.45) is 6.07. The van der Waals surface area contributed by atoms with E-state index in [0.29, 0.717) is 32.5 Å². The second-order valence-electron chi connectivity index (χ2n) is 7.20. The summed E-state index contributed by atoms with van der Waals surface area (Å²) < 4.78 is 5.59. The smallest absolute Gasteiger partial charge is 0.317 e. The van der Waals surface area contributed by atoms with Crippen molar-refractivity contribution in [2.45, 2.75) is 38.3 Å². The van der Waals surface area contributed by atoms with Crippen LogP contribution in [0, 0.1) is 0 Å². The molecule has 1 saturated heterocycles. The molecule has 0 unspecified atom stereocenters. The fraction of sp³-hybridized carbons (Fsp3) is 0.524. The Kier molecular flexibility index (Phi) is 6.70. The van der Waals surface area contributed by atoms with Crippen molar-refractivity contribution in [1.29, 1.82) is 0 Å². The van der Waals surface area contributed by atoms with Crippen LogP contribution in [0.3, 0.4) is 0 Å². The van der Waals surface area contributed by atoms with Crippen molar-refractivity contribution in [2.75, 3.05) is 32.7 Å². The highest BCUT2D eigenvalue weighted by atomic mass is 16.3. The Morgan fingerprint density at radius 2 is 2.07 bits per heavy atom. The van der Waals surface area contributed by atoms with Crippen LogP contribution < -0.4 is 5.32 Å². The van der Waals surface area contributed by atoms with Gasteiger partial charge in [0.05, 0.1) is 17.9 Å². The Labute approximate surface area is 166 Å². The lowest BCUT2D eigenvalue weighted by molar-refractivity contribution is -0.0171. The van der Waals surface area contributed by atoms with E-state index in [0.717, 1.165) is 24.4 Å². The summed E-state index contributed by atoms with van der Waals surface area (Å²) in [5.74, 6) is 0.855. The molecule has 3 rings (SSSR count). The van der Waals surface area contributed by atoms with Crippen LogP contribution in [-0.4, -0.2) is 58.6 Å². The predicted molar refractivity (Wildman–Crippen MR) is 107 cm³/mol. The number of amides is 2. The molecule has 2 aromatic rings. The highest BCUT2D eigenvalue weighted by molar-refractivity contribution is 5.74. The molecule has 1 fully saturated rings. The number of piperidine rings is 1. The van der Waals surface area contributed by atoms with Crippen molar-refractivity contribution < 1.29 is 14.3 Å². The molecule has 0 bridgehead atoms. The van der Waals surface area contributed by atoms with Crippen LogP contribution in [0.1, 0.15) is 44.1 Å². The number of pyridine rings is 1. The average molecular weight is 386 g/mol. The van der Waals surface area contributed by atoms with Gasteiger partial charge >= 0.3 is 6.03 Å². The van der Waals surface area contributed by atoms with E-state index < -0.39 is 5.60 Å². The lowest BCUT2D eigenvalue weighted by Crippen LogP contribution is -2.50. The van der Waals surface area contributed by atoms with E-state index in [9.17, 15) is 9.90 Å². The standard InChI is InChI=1S/C21H30N4O3/c1-3-24(4-2)18(19-8-6-14-28-19)16-23-20(26)25-12-9-21(27,10-13-25)17-7-5-11-22-15-17/h5-8,11,14-15,18,27H,3-4,9-10,12-13,16H2,1-2H3,(H,23,26)/t18-/m1/s1. The second kappa shape index (κ2) is 9.21. The molecule has 152 valence electrons. The van der Waals surface area contributed by atoms with E-state index in [4.69, 9.17) is 4.42 Å². The van der Waals surface area contributed by atoms with Crippen molar-refractivity contribution in [3.05, 3.63) is 54.2 Å². The van der Waals surface area contributed by atoms with Gasteiger partial charge in [0.25, 0.3) is 0 Å². The third-order valence-corrected chi connectivity index (χ3v) is 5.65. The molecule has 0 spiro atoms. The number of carbonyl (C=O) groups is 1. The molecule has 3 heterocycles. The Morgan fingerprint density at radius 1 is 1.32 bits per heavy atom. The average Bonchev–Trinajstić information content (AvgIpc) is 3.26. The first-order valence-corrected chi connectivity index (χ1v) is 10.0. The minimum atomic E-state index is -0.914. The predicted octanol–water partition coefficient (Wildman–Crippen LogP) is 2.75. The number of aliphatic hydroxyl groups is 1. The number of aromatic nitrogens is 1. The Morgan fingerprint density at radius 3 is 2.64 bits per heavy atom. The normalized spacial score (nSPS) is 17.5. The summed E-state index contributed by atoms with van der Waals surface area (Å²) in [6, 6.07) is 7.44. The number of hydrogen-bond acceptors (Lipinski definition) is 5. The summed E-state index contributed by atoms with van der Waals surface area (Å²) in [6.45, 7) is 7.45. The van der Waals surface area contributed by atoms with Gasteiger partial charge in [-0.3, -0.25) is 9.88 Å². The number of carbonyl (C=O) groups excluding carboxylic acids is 1. The van der Waals surface area contributed by atoms with Gasteiger partial charge < -0.3 is 19.7 Å². The third-order valence-electron chi connectivity index (χ3n) is 5.65. The van der Waals surface area contributed by atoms with Crippen LogP contribution in [0.5, 0.6) is 0 Å². The zero-order valence-electron chi connectivity index (χ0n) is 16.7. The number of rotatable bonds is 7. The summed E-state index contributed by atoms with van der Waals surface area (Å²) >= 11 is 0. The van der Waals surface area contributed by atoms with Crippen LogP contribution in [0.25, 0.3) is 0 Å². The highest BCUT2D eigenvalue weighted by Crippen LogP contribution is 2.32. The van der Waals surface area contributed by atoms with E-state index in [-0.39, 0.29) is 12.1 Å². The fourth-order valence-electron chi connectivity index (χ4n) is 3.86. The topological polar surface area (TPSA) is 81.8 Å². The lowest BCUT2D eigenvalue weighted by Gasteiger charge is -2.38. The summed E-state index contributed by atoms with van der Waals surface area (Å²) in [5, 5.41) is 14.0. The lowest BCUT2D eigenvalue weighted by atomic mass is 9.85. The first-order valence-electron chi connectivity index (χ1n) is 10.0. The van der Waals surface area contributed by atoms with Crippen LogP contribution >= 0.6 is 0 Å². The van der Waals surface area contributed by atoms with Crippen molar-refractivity contribution in [3.63, 3.8) is 0 Å². The van der Waals surface area contributed by atoms with E-state index >= 15 is 0 Å². The first-order chi connectivity index (χ1) is 13.6. The second-order valence-corrected chi connectivity index (χ2v) is 7.20. The number of urea groups is 1. The van der Waals surface area contributed by atoms with Gasteiger partial charge in [0, 0.05) is 37.6 Å². The number of furan rings is 1. The van der Waals surface area contributed by atoms with Gasteiger partial charge in [0.1, 0.15) is 5.76 Å². The summed E-state index contributed by atoms with van der Waals surface area (Å²) in [5.41, 5.74) is -0.0994. The molecule has 2 amide bonds. The number of likely N-dealkylation sites (tertiary alicyclic amines) is 1. The third kappa shape index (κ3) is 4.54. The van der Waals surface area contributed by atoms with Crippen molar-refractivity contribution in [2.24, 2.45) is 0 Å². The molecule has 2 N–H and O–H groups in total. The zero-order chi connectivity index (χ0) is 20.0. The SMILES string of the molecule is CCN(CC)[C@H](CNC(=O)N1CCC(O)(c2cccnc2)CC1)c1ccco1. The largest absolute Gasteiger partial charge is 0.468 e. The highest BCUT2D eigenvalue weighted by Gasteiger charge is 2.35. The van der Waals surface area contributed by atoms with Gasteiger partial charge in [-0.05, 0) is 44.1 Å². The van der Waals surface area contributed by atoms with Crippen LogP contribution in [0.2, 0.25) is 0 Å². The monoisotopic (exact) mass is 386 g/mol. The number of nitrogens with one attached hydrogen (secondary N) is 1. The fourth-order valence-corrected chi connectivity index (χ4v) is 3.86. The number of nitrogens with zero attached hydrogens (tertiary/aromatic N) is 3. The Hall–Kier alpha value is -2.38. The van der Waals surface area contributed by atoms with Crippen LogP contribution in [0.15, 0.2) is 47.3 Å². The maximum absolute atomic E-state index is 12.7. The molecule has 7 nitrogen and oxygen atoms in total. The van der Waals surface area contributed by atoms with Gasteiger partial charge in [-0.15, -0.1) is 0 Å².